The number of piperidine rings is 1. The summed E-state index contributed by atoms with van der Waals surface area (Å²) in [4.78, 5) is 9.12. The highest BCUT2D eigenvalue weighted by Crippen LogP contribution is 2.32. The maximum Gasteiger partial charge on any atom is 0.191 e. The number of rotatable bonds is 2. The molecule has 19 heavy (non-hydrogen) atoms. The van der Waals surface area contributed by atoms with Crippen LogP contribution in [-0.2, 0) is 6.54 Å². The molecule has 0 aromatic heterocycles. The van der Waals surface area contributed by atoms with E-state index >= 15 is 0 Å². The lowest BCUT2D eigenvalue weighted by Gasteiger charge is -2.43. The van der Waals surface area contributed by atoms with E-state index in [4.69, 9.17) is 5.73 Å². The average Bonchev–Trinajstić information content (AvgIpc) is 2.72. The van der Waals surface area contributed by atoms with Crippen LogP contribution in [0.5, 0.6) is 0 Å². The third-order valence-corrected chi connectivity index (χ3v) is 4.63. The van der Waals surface area contributed by atoms with Gasteiger partial charge in [0.2, 0.25) is 0 Å². The van der Waals surface area contributed by atoms with E-state index in [2.05, 4.69) is 52.2 Å². The standard InChI is InChI=1S/C15H22N4/c1-18-14(16)17-12-15(18)7-9-19(10-8-15)11-13-5-3-2-4-6-13/h2-6H,7-12H2,1H3,(H2,16,17). The van der Waals surface area contributed by atoms with Gasteiger partial charge in [-0.25, -0.2) is 0 Å². The van der Waals surface area contributed by atoms with Gasteiger partial charge >= 0.3 is 0 Å². The van der Waals surface area contributed by atoms with Gasteiger partial charge in [-0.2, -0.15) is 0 Å². The van der Waals surface area contributed by atoms with E-state index in [1.54, 1.807) is 0 Å². The van der Waals surface area contributed by atoms with E-state index in [-0.39, 0.29) is 5.54 Å². The van der Waals surface area contributed by atoms with Crippen LogP contribution in [0.1, 0.15) is 18.4 Å². The Morgan fingerprint density at radius 3 is 2.47 bits per heavy atom. The van der Waals surface area contributed by atoms with E-state index < -0.39 is 0 Å². The second-order valence-electron chi connectivity index (χ2n) is 5.72. The number of guanidine groups is 1. The van der Waals surface area contributed by atoms with Gasteiger partial charge in [0.25, 0.3) is 0 Å². The van der Waals surface area contributed by atoms with Gasteiger partial charge in [-0.05, 0) is 18.4 Å². The molecule has 0 atom stereocenters. The van der Waals surface area contributed by atoms with Crippen molar-refractivity contribution in [1.82, 2.24) is 9.80 Å². The topological polar surface area (TPSA) is 44.9 Å². The normalized spacial score (nSPS) is 22.8. The molecule has 102 valence electrons. The Kier molecular flexibility index (Phi) is 3.19. The Hall–Kier alpha value is -1.55. The minimum absolute atomic E-state index is 0.192. The SMILES string of the molecule is CN1C(N)=NCC12CCN(Cc1ccccc1)CC2. The second-order valence-corrected chi connectivity index (χ2v) is 5.72. The monoisotopic (exact) mass is 258 g/mol. The molecule has 0 amide bonds. The predicted molar refractivity (Wildman–Crippen MR) is 77.9 cm³/mol. The van der Waals surface area contributed by atoms with Crippen LogP contribution in [0.3, 0.4) is 0 Å². The van der Waals surface area contributed by atoms with Gasteiger partial charge in [0.1, 0.15) is 0 Å². The molecule has 0 unspecified atom stereocenters. The average molecular weight is 258 g/mol. The number of likely N-dealkylation sites (N-methyl/N-ethyl adjacent to an activating group) is 1. The minimum Gasteiger partial charge on any atom is -0.370 e. The lowest BCUT2D eigenvalue weighted by molar-refractivity contribution is 0.0953. The molecule has 0 bridgehead atoms. The van der Waals surface area contributed by atoms with Crippen molar-refractivity contribution >= 4 is 5.96 Å². The molecule has 1 saturated heterocycles. The molecule has 3 rings (SSSR count). The van der Waals surface area contributed by atoms with Crippen LogP contribution in [-0.4, -0.2) is 48.0 Å². The second kappa shape index (κ2) is 4.85. The zero-order valence-corrected chi connectivity index (χ0v) is 11.5. The maximum absolute atomic E-state index is 5.90. The molecule has 0 saturated carbocycles. The molecule has 1 spiro atoms. The highest BCUT2D eigenvalue weighted by Gasteiger charge is 2.42. The zero-order chi connectivity index (χ0) is 13.3. The molecular formula is C15H22N4. The first-order valence-corrected chi connectivity index (χ1v) is 7.00. The Balaban J connectivity index is 1.59. The van der Waals surface area contributed by atoms with Gasteiger partial charge in [-0.3, -0.25) is 9.89 Å². The van der Waals surface area contributed by atoms with Gasteiger partial charge in [-0.1, -0.05) is 30.3 Å². The van der Waals surface area contributed by atoms with Crippen molar-refractivity contribution in [3.05, 3.63) is 35.9 Å². The molecule has 2 heterocycles. The van der Waals surface area contributed by atoms with Crippen molar-refractivity contribution in [1.29, 1.82) is 0 Å². The predicted octanol–water partition coefficient (Wildman–Crippen LogP) is 1.28. The number of nitrogens with two attached hydrogens (primary N) is 1. The molecule has 2 N–H and O–H groups in total. The Morgan fingerprint density at radius 2 is 1.89 bits per heavy atom. The van der Waals surface area contributed by atoms with E-state index in [1.165, 1.54) is 5.56 Å². The fourth-order valence-corrected chi connectivity index (χ4v) is 3.15. The fourth-order valence-electron chi connectivity index (χ4n) is 3.15. The van der Waals surface area contributed by atoms with Crippen molar-refractivity contribution in [2.45, 2.75) is 24.9 Å². The Bertz CT molecular complexity index is 460. The number of nitrogens with zero attached hydrogens (tertiary/aromatic N) is 3. The molecule has 1 aromatic rings. The van der Waals surface area contributed by atoms with Gasteiger partial charge in [0, 0.05) is 26.7 Å². The number of hydrogen-bond acceptors (Lipinski definition) is 4. The van der Waals surface area contributed by atoms with E-state index in [1.807, 2.05) is 0 Å². The molecule has 1 aromatic carbocycles. The summed E-state index contributed by atoms with van der Waals surface area (Å²) in [5, 5.41) is 0. The van der Waals surface area contributed by atoms with Crippen LogP contribution < -0.4 is 5.73 Å². The molecular weight excluding hydrogens is 236 g/mol. The van der Waals surface area contributed by atoms with E-state index in [0.717, 1.165) is 39.0 Å². The smallest absolute Gasteiger partial charge is 0.191 e. The first-order chi connectivity index (χ1) is 9.20. The summed E-state index contributed by atoms with van der Waals surface area (Å²) >= 11 is 0. The minimum atomic E-state index is 0.192. The fraction of sp³-hybridized carbons (Fsp3) is 0.533. The van der Waals surface area contributed by atoms with Crippen LogP contribution in [0.2, 0.25) is 0 Å². The van der Waals surface area contributed by atoms with Crippen LogP contribution >= 0.6 is 0 Å². The van der Waals surface area contributed by atoms with Crippen molar-refractivity contribution < 1.29 is 0 Å². The van der Waals surface area contributed by atoms with Crippen LogP contribution in [0.25, 0.3) is 0 Å². The number of likely N-dealkylation sites (tertiary alicyclic amines) is 1. The molecule has 4 heteroatoms. The molecule has 2 aliphatic heterocycles. The van der Waals surface area contributed by atoms with Crippen molar-refractivity contribution in [2.24, 2.45) is 10.7 Å². The first-order valence-electron chi connectivity index (χ1n) is 7.00. The van der Waals surface area contributed by atoms with Gasteiger partial charge in [0.15, 0.2) is 5.96 Å². The molecule has 0 radical (unpaired) electrons. The summed E-state index contributed by atoms with van der Waals surface area (Å²) in [6.07, 6.45) is 2.31. The van der Waals surface area contributed by atoms with Gasteiger partial charge < -0.3 is 10.6 Å². The summed E-state index contributed by atoms with van der Waals surface area (Å²) in [5.41, 5.74) is 7.49. The molecule has 4 nitrogen and oxygen atoms in total. The number of benzene rings is 1. The van der Waals surface area contributed by atoms with E-state index in [9.17, 15) is 0 Å². The molecule has 1 fully saturated rings. The zero-order valence-electron chi connectivity index (χ0n) is 11.5. The summed E-state index contributed by atoms with van der Waals surface area (Å²) in [6, 6.07) is 10.7. The van der Waals surface area contributed by atoms with E-state index in [0.29, 0.717) is 5.96 Å². The largest absolute Gasteiger partial charge is 0.370 e. The highest BCUT2D eigenvalue weighted by atomic mass is 15.3. The Labute approximate surface area is 114 Å². The number of hydrogen-bond donors (Lipinski definition) is 1. The summed E-state index contributed by atoms with van der Waals surface area (Å²) < 4.78 is 0. The highest BCUT2D eigenvalue weighted by molar-refractivity contribution is 5.80. The molecule has 2 aliphatic rings. The number of aliphatic imine (C=N–C) groups is 1. The lowest BCUT2D eigenvalue weighted by atomic mass is 9.87. The maximum atomic E-state index is 5.90. The van der Waals surface area contributed by atoms with Crippen molar-refractivity contribution in [3.63, 3.8) is 0 Å². The third-order valence-electron chi connectivity index (χ3n) is 4.63. The quantitative estimate of drug-likeness (QED) is 0.869. The third kappa shape index (κ3) is 2.32. The summed E-state index contributed by atoms with van der Waals surface area (Å²) in [5.74, 6) is 0.705. The first kappa shape index (κ1) is 12.5. The van der Waals surface area contributed by atoms with Crippen LogP contribution in [0.15, 0.2) is 35.3 Å². The lowest BCUT2D eigenvalue weighted by Crippen LogP contribution is -2.55. The Morgan fingerprint density at radius 1 is 1.21 bits per heavy atom. The van der Waals surface area contributed by atoms with Crippen LogP contribution in [0, 0.1) is 0 Å². The van der Waals surface area contributed by atoms with Crippen molar-refractivity contribution in [3.8, 4) is 0 Å². The van der Waals surface area contributed by atoms with Crippen LogP contribution in [0.4, 0.5) is 0 Å². The van der Waals surface area contributed by atoms with Gasteiger partial charge in [-0.15, -0.1) is 0 Å². The molecule has 0 aliphatic carbocycles. The van der Waals surface area contributed by atoms with Gasteiger partial charge in [0.05, 0.1) is 12.1 Å². The summed E-state index contributed by atoms with van der Waals surface area (Å²) in [6.45, 7) is 4.18. The summed E-state index contributed by atoms with van der Waals surface area (Å²) in [7, 11) is 2.08. The van der Waals surface area contributed by atoms with Crippen molar-refractivity contribution in [2.75, 3.05) is 26.7 Å².